The van der Waals surface area contributed by atoms with Crippen LogP contribution in [0.25, 0.3) is 0 Å². The highest BCUT2D eigenvalue weighted by atomic mass is 127. The van der Waals surface area contributed by atoms with Crippen LogP contribution in [0.1, 0.15) is 23.6 Å². The van der Waals surface area contributed by atoms with E-state index in [4.69, 9.17) is 6.42 Å². The van der Waals surface area contributed by atoms with Gasteiger partial charge in [0.15, 0.2) is 5.96 Å². The van der Waals surface area contributed by atoms with Crippen LogP contribution < -0.4 is 10.6 Å². The normalized spacial score (nSPS) is 12.2. The second-order valence-corrected chi connectivity index (χ2v) is 5.53. The Hall–Kier alpha value is -0.740. The molecule has 0 aliphatic heterocycles. The van der Waals surface area contributed by atoms with Crippen LogP contribution in [-0.4, -0.2) is 25.1 Å². The maximum atomic E-state index is 5.22. The largest absolute Gasteiger partial charge is 0.357 e. The number of aryl methyl sites for hydroxylation is 1. The molecule has 5 heteroatoms. The van der Waals surface area contributed by atoms with E-state index in [1.165, 1.54) is 9.75 Å². The van der Waals surface area contributed by atoms with Gasteiger partial charge in [-0.2, -0.15) is 0 Å². The second-order valence-electron chi connectivity index (χ2n) is 4.16. The third-order valence-electron chi connectivity index (χ3n) is 2.36. The van der Waals surface area contributed by atoms with Gasteiger partial charge in [0.05, 0.1) is 0 Å². The smallest absolute Gasteiger partial charge is 0.192 e. The molecule has 1 unspecified atom stereocenters. The zero-order valence-electron chi connectivity index (χ0n) is 11.7. The molecule has 2 N–H and O–H groups in total. The first-order valence-corrected chi connectivity index (χ1v) is 7.01. The first kappa shape index (κ1) is 18.3. The Bertz CT molecular complexity index is 434. The molecule has 0 saturated carbocycles. The van der Waals surface area contributed by atoms with Crippen molar-refractivity contribution in [2.24, 2.45) is 4.99 Å². The molecule has 1 aromatic rings. The van der Waals surface area contributed by atoms with Gasteiger partial charge < -0.3 is 10.6 Å². The minimum atomic E-state index is 0. The van der Waals surface area contributed by atoms with Crippen LogP contribution in [0.5, 0.6) is 0 Å². The van der Waals surface area contributed by atoms with E-state index in [-0.39, 0.29) is 24.0 Å². The molecular weight excluding hydrogens is 369 g/mol. The van der Waals surface area contributed by atoms with Crippen molar-refractivity contribution in [2.75, 3.05) is 13.1 Å². The SMILES string of the molecule is C#CCN=C(NCC)NC(C)Cc1ccc(C)s1.I. The lowest BCUT2D eigenvalue weighted by atomic mass is 10.2. The Balaban J connectivity index is 0.00000324. The molecule has 1 heterocycles. The van der Waals surface area contributed by atoms with Gasteiger partial charge in [0.2, 0.25) is 0 Å². The first-order valence-electron chi connectivity index (χ1n) is 6.19. The van der Waals surface area contributed by atoms with E-state index >= 15 is 0 Å². The molecule has 0 aromatic carbocycles. The summed E-state index contributed by atoms with van der Waals surface area (Å²) in [5, 5.41) is 6.55. The van der Waals surface area contributed by atoms with E-state index < -0.39 is 0 Å². The zero-order valence-corrected chi connectivity index (χ0v) is 14.8. The van der Waals surface area contributed by atoms with E-state index in [2.05, 4.69) is 47.5 Å². The van der Waals surface area contributed by atoms with Gasteiger partial charge in [-0.05, 0) is 32.9 Å². The molecule has 0 saturated heterocycles. The Kier molecular flexibility index (Phi) is 9.70. The molecule has 0 radical (unpaired) electrons. The van der Waals surface area contributed by atoms with Gasteiger partial charge in [0.25, 0.3) is 0 Å². The number of terminal acetylenes is 1. The summed E-state index contributed by atoms with van der Waals surface area (Å²) in [7, 11) is 0. The van der Waals surface area contributed by atoms with E-state index in [0.29, 0.717) is 12.6 Å². The van der Waals surface area contributed by atoms with Crippen LogP contribution in [0.4, 0.5) is 0 Å². The number of nitrogens with one attached hydrogen (secondary N) is 2. The molecule has 0 amide bonds. The van der Waals surface area contributed by atoms with Crippen LogP contribution in [-0.2, 0) is 6.42 Å². The number of hydrogen-bond donors (Lipinski definition) is 2. The first-order chi connectivity index (χ1) is 8.65. The summed E-state index contributed by atoms with van der Waals surface area (Å²) in [6.45, 7) is 7.56. The number of guanidine groups is 1. The van der Waals surface area contributed by atoms with Gasteiger partial charge in [-0.25, -0.2) is 4.99 Å². The zero-order chi connectivity index (χ0) is 13.4. The minimum absolute atomic E-state index is 0. The highest BCUT2D eigenvalue weighted by molar-refractivity contribution is 14.0. The molecule has 0 aliphatic carbocycles. The molecule has 19 heavy (non-hydrogen) atoms. The van der Waals surface area contributed by atoms with Crippen molar-refractivity contribution in [3.63, 3.8) is 0 Å². The average Bonchev–Trinajstić information content (AvgIpc) is 2.71. The minimum Gasteiger partial charge on any atom is -0.357 e. The van der Waals surface area contributed by atoms with Gasteiger partial charge in [-0.3, -0.25) is 0 Å². The summed E-state index contributed by atoms with van der Waals surface area (Å²) in [5.74, 6) is 3.31. The lowest BCUT2D eigenvalue weighted by Crippen LogP contribution is -2.43. The Labute approximate surface area is 137 Å². The van der Waals surface area contributed by atoms with Crippen molar-refractivity contribution in [3.05, 3.63) is 21.9 Å². The molecule has 1 aromatic heterocycles. The van der Waals surface area contributed by atoms with Crippen LogP contribution in [0.2, 0.25) is 0 Å². The maximum Gasteiger partial charge on any atom is 0.192 e. The van der Waals surface area contributed by atoms with Crippen LogP contribution >= 0.6 is 35.3 Å². The molecule has 1 atom stereocenters. The third-order valence-corrected chi connectivity index (χ3v) is 3.38. The van der Waals surface area contributed by atoms with Crippen molar-refractivity contribution >= 4 is 41.3 Å². The lowest BCUT2D eigenvalue weighted by Gasteiger charge is -2.16. The molecule has 1 rings (SSSR count). The van der Waals surface area contributed by atoms with E-state index in [0.717, 1.165) is 18.9 Å². The van der Waals surface area contributed by atoms with Gasteiger partial charge >= 0.3 is 0 Å². The van der Waals surface area contributed by atoms with Crippen LogP contribution in [0.15, 0.2) is 17.1 Å². The molecule has 3 nitrogen and oxygen atoms in total. The predicted molar refractivity (Wildman–Crippen MR) is 95.6 cm³/mol. The molecule has 0 aliphatic rings. The number of hydrogen-bond acceptors (Lipinski definition) is 2. The topological polar surface area (TPSA) is 36.4 Å². The van der Waals surface area contributed by atoms with E-state index in [1.54, 1.807) is 0 Å². The van der Waals surface area contributed by atoms with Crippen molar-refractivity contribution in [2.45, 2.75) is 33.2 Å². The lowest BCUT2D eigenvalue weighted by molar-refractivity contribution is 0.647. The van der Waals surface area contributed by atoms with E-state index in [1.807, 2.05) is 18.3 Å². The number of aliphatic imine (C=N–C) groups is 1. The van der Waals surface area contributed by atoms with E-state index in [9.17, 15) is 0 Å². The molecule has 0 bridgehead atoms. The van der Waals surface area contributed by atoms with Crippen molar-refractivity contribution in [1.82, 2.24) is 10.6 Å². The highest BCUT2D eigenvalue weighted by Crippen LogP contribution is 2.16. The average molecular weight is 391 g/mol. The monoisotopic (exact) mass is 391 g/mol. The molecule has 0 fully saturated rings. The van der Waals surface area contributed by atoms with Crippen molar-refractivity contribution < 1.29 is 0 Å². The van der Waals surface area contributed by atoms with Crippen LogP contribution in [0, 0.1) is 19.3 Å². The maximum absolute atomic E-state index is 5.22. The number of rotatable bonds is 5. The quantitative estimate of drug-likeness (QED) is 0.351. The summed E-state index contributed by atoms with van der Waals surface area (Å²) in [6, 6.07) is 4.67. The Morgan fingerprint density at radius 1 is 1.53 bits per heavy atom. The molecule has 0 spiro atoms. The van der Waals surface area contributed by atoms with Gasteiger partial charge in [-0.1, -0.05) is 5.92 Å². The number of thiophene rings is 1. The van der Waals surface area contributed by atoms with Gasteiger partial charge in [-0.15, -0.1) is 41.7 Å². The predicted octanol–water partition coefficient (Wildman–Crippen LogP) is 2.79. The fourth-order valence-electron chi connectivity index (χ4n) is 1.63. The van der Waals surface area contributed by atoms with Crippen molar-refractivity contribution in [3.8, 4) is 12.3 Å². The van der Waals surface area contributed by atoms with Crippen molar-refractivity contribution in [1.29, 1.82) is 0 Å². The molecular formula is C14H22IN3S. The summed E-state index contributed by atoms with van der Waals surface area (Å²) in [4.78, 5) is 7.02. The summed E-state index contributed by atoms with van der Waals surface area (Å²) in [6.07, 6.45) is 6.22. The second kappa shape index (κ2) is 10.1. The van der Waals surface area contributed by atoms with Gasteiger partial charge in [0, 0.05) is 28.8 Å². The standard InChI is InChI=1S/C14H21N3S.HI/c1-5-9-16-14(15-6-2)17-11(3)10-13-8-7-12(4)18-13;/h1,7-8,11H,6,9-10H2,2-4H3,(H2,15,16,17);1H. The summed E-state index contributed by atoms with van der Waals surface area (Å²) >= 11 is 1.84. The molecule has 106 valence electrons. The number of halogens is 1. The number of nitrogens with zero attached hydrogens (tertiary/aromatic N) is 1. The Morgan fingerprint density at radius 2 is 2.26 bits per heavy atom. The summed E-state index contributed by atoms with van der Waals surface area (Å²) in [5.41, 5.74) is 0. The highest BCUT2D eigenvalue weighted by Gasteiger charge is 2.07. The van der Waals surface area contributed by atoms with Crippen LogP contribution in [0.3, 0.4) is 0 Å². The van der Waals surface area contributed by atoms with Gasteiger partial charge in [0.1, 0.15) is 6.54 Å². The fourth-order valence-corrected chi connectivity index (χ4v) is 2.64. The summed E-state index contributed by atoms with van der Waals surface area (Å²) < 4.78 is 0. The third kappa shape index (κ3) is 7.43. The fraction of sp³-hybridized carbons (Fsp3) is 0.500. The Morgan fingerprint density at radius 3 is 2.79 bits per heavy atom.